The summed E-state index contributed by atoms with van der Waals surface area (Å²) in [5.74, 6) is 0. The Balaban J connectivity index is 1.47. The topological polar surface area (TPSA) is 47.5 Å². The van der Waals surface area contributed by atoms with Crippen LogP contribution in [-0.4, -0.2) is 44.4 Å². The summed E-state index contributed by atoms with van der Waals surface area (Å²) in [6, 6.07) is 19.1. The molecule has 1 aliphatic carbocycles. The molecule has 26 heavy (non-hydrogen) atoms. The fourth-order valence-corrected chi connectivity index (χ4v) is 4.73. The minimum absolute atomic E-state index is 0.0217. The van der Waals surface area contributed by atoms with Crippen LogP contribution in [0.3, 0.4) is 0 Å². The van der Waals surface area contributed by atoms with Gasteiger partial charge in [-0.1, -0.05) is 42.5 Å². The number of fused-ring (bicyclic) bond motifs is 2. The number of piperidine rings is 1. The maximum Gasteiger partial charge on any atom is 0.0832 e. The molecule has 1 spiro atoms. The predicted octanol–water partition coefficient (Wildman–Crippen LogP) is 2.45. The summed E-state index contributed by atoms with van der Waals surface area (Å²) < 4.78 is 0. The maximum absolute atomic E-state index is 11.3. The molecular weight excluding hydrogens is 322 g/mol. The number of hydrogen-bond acceptors (Lipinski definition) is 4. The Morgan fingerprint density at radius 3 is 2.54 bits per heavy atom. The standard InChI is InChI=1S/C22H29N3O/c1-25(17-7-3-2-4-8-17)16-15-24-20-18-9-5-6-10-19(18)22(21(20)26)11-13-23-14-12-22/h2-10,20-21,23-24,26H,11-16H2,1H3/t20-,21+/m1/s1. The summed E-state index contributed by atoms with van der Waals surface area (Å²) in [4.78, 5) is 2.25. The van der Waals surface area contributed by atoms with E-state index < -0.39 is 0 Å². The van der Waals surface area contributed by atoms with Crippen LogP contribution >= 0.6 is 0 Å². The predicted molar refractivity (Wildman–Crippen MR) is 107 cm³/mol. The van der Waals surface area contributed by atoms with Gasteiger partial charge in [-0.25, -0.2) is 0 Å². The summed E-state index contributed by atoms with van der Waals surface area (Å²) in [5.41, 5.74) is 3.76. The first-order chi connectivity index (χ1) is 12.7. The smallest absolute Gasteiger partial charge is 0.0832 e. The van der Waals surface area contributed by atoms with E-state index in [1.165, 1.54) is 16.8 Å². The van der Waals surface area contributed by atoms with E-state index in [0.29, 0.717) is 0 Å². The van der Waals surface area contributed by atoms with Gasteiger partial charge in [-0.2, -0.15) is 0 Å². The molecule has 2 aliphatic rings. The minimum Gasteiger partial charge on any atom is -0.390 e. The van der Waals surface area contributed by atoms with Crippen molar-refractivity contribution in [2.45, 2.75) is 30.4 Å². The summed E-state index contributed by atoms with van der Waals surface area (Å²) in [6.07, 6.45) is 1.66. The minimum atomic E-state index is -0.357. The lowest BCUT2D eigenvalue weighted by Gasteiger charge is -2.39. The van der Waals surface area contributed by atoms with E-state index in [1.54, 1.807) is 0 Å². The van der Waals surface area contributed by atoms with Gasteiger partial charge in [0.25, 0.3) is 0 Å². The molecule has 0 unspecified atom stereocenters. The maximum atomic E-state index is 11.3. The first-order valence-electron chi connectivity index (χ1n) is 9.70. The second-order valence-electron chi connectivity index (χ2n) is 7.63. The zero-order valence-electron chi connectivity index (χ0n) is 15.5. The van der Waals surface area contributed by atoms with Crippen LogP contribution in [0.1, 0.15) is 30.0 Å². The van der Waals surface area contributed by atoms with Gasteiger partial charge in [-0.05, 0) is 49.2 Å². The summed E-state index contributed by atoms with van der Waals surface area (Å²) in [5, 5.41) is 18.4. The van der Waals surface area contributed by atoms with Gasteiger partial charge in [0.15, 0.2) is 0 Å². The van der Waals surface area contributed by atoms with Crippen LogP contribution in [0.15, 0.2) is 54.6 Å². The number of para-hydroxylation sites is 1. The Bertz CT molecular complexity index is 727. The van der Waals surface area contributed by atoms with Crippen LogP contribution in [0.2, 0.25) is 0 Å². The molecule has 0 saturated carbocycles. The zero-order chi connectivity index (χ0) is 18.0. The van der Waals surface area contributed by atoms with E-state index in [2.05, 4.69) is 71.1 Å². The van der Waals surface area contributed by atoms with E-state index in [0.717, 1.165) is 39.0 Å². The van der Waals surface area contributed by atoms with Crippen LogP contribution in [0.4, 0.5) is 5.69 Å². The molecule has 1 saturated heterocycles. The molecule has 2 aromatic carbocycles. The molecular formula is C22H29N3O. The summed E-state index contributed by atoms with van der Waals surface area (Å²) in [7, 11) is 2.12. The SMILES string of the molecule is CN(CCN[C@@H]1c2ccccc2C2(CCNCC2)[C@H]1O)c1ccccc1. The summed E-state index contributed by atoms with van der Waals surface area (Å²) in [6.45, 7) is 3.71. The fraction of sp³-hybridized carbons (Fsp3) is 0.455. The molecule has 138 valence electrons. The van der Waals surface area contributed by atoms with Crippen molar-refractivity contribution in [1.29, 1.82) is 0 Å². The molecule has 1 fully saturated rings. The van der Waals surface area contributed by atoms with Crippen LogP contribution in [0.25, 0.3) is 0 Å². The van der Waals surface area contributed by atoms with Crippen molar-refractivity contribution in [3.05, 3.63) is 65.7 Å². The van der Waals surface area contributed by atoms with Crippen LogP contribution < -0.4 is 15.5 Å². The number of aliphatic hydroxyl groups excluding tert-OH is 1. The Morgan fingerprint density at radius 1 is 1.08 bits per heavy atom. The highest BCUT2D eigenvalue weighted by molar-refractivity contribution is 5.46. The molecule has 4 nitrogen and oxygen atoms in total. The Kier molecular flexibility index (Phi) is 4.98. The van der Waals surface area contributed by atoms with E-state index in [-0.39, 0.29) is 17.6 Å². The quantitative estimate of drug-likeness (QED) is 0.774. The Labute approximate surface area is 156 Å². The molecule has 2 atom stereocenters. The third-order valence-corrected chi connectivity index (χ3v) is 6.22. The number of nitrogens with one attached hydrogen (secondary N) is 2. The molecule has 0 amide bonds. The third-order valence-electron chi connectivity index (χ3n) is 6.22. The van der Waals surface area contributed by atoms with Gasteiger partial charge in [0.1, 0.15) is 0 Å². The van der Waals surface area contributed by atoms with Gasteiger partial charge < -0.3 is 20.6 Å². The third kappa shape index (κ3) is 3.02. The number of nitrogens with zero attached hydrogens (tertiary/aromatic N) is 1. The monoisotopic (exact) mass is 351 g/mol. The van der Waals surface area contributed by atoms with E-state index in [1.807, 2.05) is 6.07 Å². The van der Waals surface area contributed by atoms with E-state index in [4.69, 9.17) is 0 Å². The fourth-order valence-electron chi connectivity index (χ4n) is 4.73. The van der Waals surface area contributed by atoms with Gasteiger partial charge in [0.05, 0.1) is 12.1 Å². The van der Waals surface area contributed by atoms with Crippen molar-refractivity contribution in [1.82, 2.24) is 10.6 Å². The second kappa shape index (κ2) is 7.39. The average Bonchev–Trinajstić information content (AvgIpc) is 2.92. The highest BCUT2D eigenvalue weighted by Crippen LogP contribution is 2.49. The zero-order valence-corrected chi connectivity index (χ0v) is 15.5. The lowest BCUT2D eigenvalue weighted by molar-refractivity contribution is 0.0447. The number of rotatable bonds is 5. The van der Waals surface area contributed by atoms with Gasteiger partial charge in [0.2, 0.25) is 0 Å². The molecule has 1 heterocycles. The van der Waals surface area contributed by atoms with Gasteiger partial charge >= 0.3 is 0 Å². The van der Waals surface area contributed by atoms with E-state index >= 15 is 0 Å². The lowest BCUT2D eigenvalue weighted by Crippen LogP contribution is -2.48. The molecule has 4 rings (SSSR count). The number of benzene rings is 2. The van der Waals surface area contributed by atoms with Crippen LogP contribution in [0.5, 0.6) is 0 Å². The molecule has 0 aromatic heterocycles. The van der Waals surface area contributed by atoms with Crippen molar-refractivity contribution < 1.29 is 5.11 Å². The van der Waals surface area contributed by atoms with Crippen molar-refractivity contribution in [3.63, 3.8) is 0 Å². The van der Waals surface area contributed by atoms with Crippen LogP contribution in [-0.2, 0) is 5.41 Å². The molecule has 2 aromatic rings. The number of likely N-dealkylation sites (N-methyl/N-ethyl adjacent to an activating group) is 1. The van der Waals surface area contributed by atoms with Crippen molar-refractivity contribution >= 4 is 5.69 Å². The van der Waals surface area contributed by atoms with Crippen LogP contribution in [0, 0.1) is 0 Å². The summed E-state index contributed by atoms with van der Waals surface area (Å²) >= 11 is 0. The Hall–Kier alpha value is -1.88. The van der Waals surface area contributed by atoms with Gasteiger partial charge in [-0.3, -0.25) is 0 Å². The normalized spacial score (nSPS) is 23.8. The number of hydrogen-bond donors (Lipinski definition) is 3. The Morgan fingerprint density at radius 2 is 1.77 bits per heavy atom. The van der Waals surface area contributed by atoms with Crippen molar-refractivity contribution in [2.75, 3.05) is 38.1 Å². The molecule has 0 radical (unpaired) electrons. The van der Waals surface area contributed by atoms with Gasteiger partial charge in [0, 0.05) is 31.2 Å². The lowest BCUT2D eigenvalue weighted by atomic mass is 9.72. The molecule has 3 N–H and O–H groups in total. The average molecular weight is 351 g/mol. The largest absolute Gasteiger partial charge is 0.390 e. The first-order valence-corrected chi connectivity index (χ1v) is 9.70. The van der Waals surface area contributed by atoms with Crippen molar-refractivity contribution in [3.8, 4) is 0 Å². The number of anilines is 1. The number of aliphatic hydroxyl groups is 1. The van der Waals surface area contributed by atoms with Crippen molar-refractivity contribution in [2.24, 2.45) is 0 Å². The highest BCUT2D eigenvalue weighted by Gasteiger charge is 2.51. The first kappa shape index (κ1) is 17.5. The molecule has 4 heteroatoms. The second-order valence-corrected chi connectivity index (χ2v) is 7.63. The van der Waals surface area contributed by atoms with E-state index in [9.17, 15) is 5.11 Å². The molecule has 0 bridgehead atoms. The van der Waals surface area contributed by atoms with Gasteiger partial charge in [-0.15, -0.1) is 0 Å². The molecule has 1 aliphatic heterocycles. The highest BCUT2D eigenvalue weighted by atomic mass is 16.3.